The Kier molecular flexibility index (Phi) is 7.45. The summed E-state index contributed by atoms with van der Waals surface area (Å²) in [6, 6.07) is 21.9. The van der Waals surface area contributed by atoms with Gasteiger partial charge in [-0.3, -0.25) is 14.4 Å². The van der Waals surface area contributed by atoms with Crippen molar-refractivity contribution in [3.63, 3.8) is 0 Å². The third kappa shape index (κ3) is 5.51. The summed E-state index contributed by atoms with van der Waals surface area (Å²) >= 11 is 0. The van der Waals surface area contributed by atoms with E-state index in [1.54, 1.807) is 42.2 Å². The third-order valence-electron chi connectivity index (χ3n) is 5.97. The zero-order chi connectivity index (χ0) is 24.8. The van der Waals surface area contributed by atoms with Gasteiger partial charge >= 0.3 is 5.97 Å². The Morgan fingerprint density at radius 3 is 2.29 bits per heavy atom. The standard InChI is InChI=1S/C28H29N3O4/c1-3-35-26(32)19-30-17-8-18-31(25-12-7-6-11-24(25)30)28(34)21-13-15-22(16-14-21)29-27(33)23-10-5-4-9-20(23)2/h4-7,9-16H,3,8,17-19H2,1-2H3,(H,29,33). The number of hydrogen-bond donors (Lipinski definition) is 1. The molecule has 0 aliphatic carbocycles. The van der Waals surface area contributed by atoms with Gasteiger partial charge in [0, 0.05) is 29.9 Å². The summed E-state index contributed by atoms with van der Waals surface area (Å²) in [7, 11) is 0. The van der Waals surface area contributed by atoms with Crippen molar-refractivity contribution in [2.75, 3.05) is 41.4 Å². The van der Waals surface area contributed by atoms with Crippen LogP contribution < -0.4 is 15.1 Å². The Labute approximate surface area is 205 Å². The van der Waals surface area contributed by atoms with Crippen LogP contribution in [-0.2, 0) is 9.53 Å². The van der Waals surface area contributed by atoms with Gasteiger partial charge in [-0.2, -0.15) is 0 Å². The number of amides is 2. The zero-order valence-corrected chi connectivity index (χ0v) is 20.0. The lowest BCUT2D eigenvalue weighted by molar-refractivity contribution is -0.141. The smallest absolute Gasteiger partial charge is 0.325 e. The van der Waals surface area contributed by atoms with Gasteiger partial charge in [0.2, 0.25) is 0 Å². The minimum Gasteiger partial charge on any atom is -0.465 e. The van der Waals surface area contributed by atoms with Gasteiger partial charge in [-0.1, -0.05) is 30.3 Å². The number of nitrogens with one attached hydrogen (secondary N) is 1. The highest BCUT2D eigenvalue weighted by atomic mass is 16.5. The number of nitrogens with zero attached hydrogens (tertiary/aromatic N) is 2. The van der Waals surface area contributed by atoms with Crippen molar-refractivity contribution in [3.8, 4) is 0 Å². The molecule has 35 heavy (non-hydrogen) atoms. The van der Waals surface area contributed by atoms with Gasteiger partial charge in [0.05, 0.1) is 18.0 Å². The SMILES string of the molecule is CCOC(=O)CN1CCCN(C(=O)c2ccc(NC(=O)c3ccccc3C)cc2)c2ccccc21. The third-order valence-corrected chi connectivity index (χ3v) is 5.97. The quantitative estimate of drug-likeness (QED) is 0.529. The number of anilines is 3. The van der Waals surface area contributed by atoms with Crippen LogP contribution in [0.5, 0.6) is 0 Å². The van der Waals surface area contributed by atoms with Crippen molar-refractivity contribution >= 4 is 34.8 Å². The summed E-state index contributed by atoms with van der Waals surface area (Å²) in [5.74, 6) is -0.608. The molecule has 0 fully saturated rings. The largest absolute Gasteiger partial charge is 0.465 e. The molecular formula is C28H29N3O4. The molecule has 0 atom stereocenters. The summed E-state index contributed by atoms with van der Waals surface area (Å²) in [6.45, 7) is 5.32. The topological polar surface area (TPSA) is 79.0 Å². The Morgan fingerprint density at radius 2 is 1.57 bits per heavy atom. The molecule has 180 valence electrons. The molecule has 7 heteroatoms. The Balaban J connectivity index is 1.51. The molecule has 4 rings (SSSR count). The van der Waals surface area contributed by atoms with E-state index in [0.717, 1.165) is 16.9 Å². The summed E-state index contributed by atoms with van der Waals surface area (Å²) in [6.07, 6.45) is 0.713. The Bertz CT molecular complexity index is 1220. The highest BCUT2D eigenvalue weighted by molar-refractivity contribution is 6.09. The second-order valence-corrected chi connectivity index (χ2v) is 8.37. The second-order valence-electron chi connectivity index (χ2n) is 8.37. The highest BCUT2D eigenvalue weighted by Crippen LogP contribution is 2.33. The van der Waals surface area contributed by atoms with Gasteiger partial charge < -0.3 is 19.9 Å². The van der Waals surface area contributed by atoms with Gasteiger partial charge in [0.25, 0.3) is 11.8 Å². The molecule has 3 aromatic carbocycles. The lowest BCUT2D eigenvalue weighted by Crippen LogP contribution is -2.31. The van der Waals surface area contributed by atoms with E-state index in [4.69, 9.17) is 4.74 Å². The van der Waals surface area contributed by atoms with Gasteiger partial charge in [-0.05, 0) is 68.3 Å². The molecule has 7 nitrogen and oxygen atoms in total. The molecule has 0 aromatic heterocycles. The maximum absolute atomic E-state index is 13.5. The first-order valence-corrected chi connectivity index (χ1v) is 11.8. The first kappa shape index (κ1) is 24.0. The number of ether oxygens (including phenoxy) is 1. The van der Waals surface area contributed by atoms with Crippen LogP contribution in [0.1, 0.15) is 39.6 Å². The van der Waals surface area contributed by atoms with Crippen LogP contribution >= 0.6 is 0 Å². The molecule has 0 bridgehead atoms. The molecule has 0 spiro atoms. The van der Waals surface area contributed by atoms with E-state index in [-0.39, 0.29) is 24.3 Å². The Morgan fingerprint density at radius 1 is 0.886 bits per heavy atom. The zero-order valence-electron chi connectivity index (χ0n) is 20.0. The fourth-order valence-corrected chi connectivity index (χ4v) is 4.24. The van der Waals surface area contributed by atoms with Crippen molar-refractivity contribution in [2.24, 2.45) is 0 Å². The van der Waals surface area contributed by atoms with Gasteiger partial charge in [-0.15, -0.1) is 0 Å². The van der Waals surface area contributed by atoms with Crippen LogP contribution in [0.2, 0.25) is 0 Å². The molecule has 0 saturated heterocycles. The fourth-order valence-electron chi connectivity index (χ4n) is 4.24. The number of rotatable bonds is 6. The highest BCUT2D eigenvalue weighted by Gasteiger charge is 2.26. The summed E-state index contributed by atoms with van der Waals surface area (Å²) in [5, 5.41) is 2.89. The van der Waals surface area contributed by atoms with Crippen molar-refractivity contribution in [1.29, 1.82) is 0 Å². The maximum atomic E-state index is 13.5. The normalized spacial score (nSPS) is 13.0. The fraction of sp³-hybridized carbons (Fsp3) is 0.250. The number of carbonyl (C=O) groups excluding carboxylic acids is 3. The maximum Gasteiger partial charge on any atom is 0.325 e. The minimum atomic E-state index is -0.287. The molecule has 1 N–H and O–H groups in total. The van der Waals surface area contributed by atoms with E-state index in [9.17, 15) is 14.4 Å². The summed E-state index contributed by atoms with van der Waals surface area (Å²) in [5.41, 5.74) is 4.23. The number of benzene rings is 3. The minimum absolute atomic E-state index is 0.132. The van der Waals surface area contributed by atoms with E-state index in [0.29, 0.717) is 42.9 Å². The van der Waals surface area contributed by atoms with E-state index in [1.807, 2.05) is 54.3 Å². The van der Waals surface area contributed by atoms with Crippen molar-refractivity contribution in [3.05, 3.63) is 89.5 Å². The molecule has 1 heterocycles. The number of esters is 1. The van der Waals surface area contributed by atoms with E-state index >= 15 is 0 Å². The van der Waals surface area contributed by atoms with E-state index < -0.39 is 0 Å². The average molecular weight is 472 g/mol. The number of para-hydroxylation sites is 2. The van der Waals surface area contributed by atoms with Crippen molar-refractivity contribution in [2.45, 2.75) is 20.3 Å². The summed E-state index contributed by atoms with van der Waals surface area (Å²) in [4.78, 5) is 41.9. The Hall–Kier alpha value is -4.13. The van der Waals surface area contributed by atoms with Crippen LogP contribution in [0.3, 0.4) is 0 Å². The number of carbonyl (C=O) groups is 3. The van der Waals surface area contributed by atoms with Gasteiger partial charge in [-0.25, -0.2) is 0 Å². The molecule has 1 aliphatic rings. The van der Waals surface area contributed by atoms with E-state index in [1.165, 1.54) is 0 Å². The molecule has 0 radical (unpaired) electrons. The monoisotopic (exact) mass is 471 g/mol. The number of aryl methyl sites for hydroxylation is 1. The first-order chi connectivity index (χ1) is 17.0. The molecule has 1 aliphatic heterocycles. The second kappa shape index (κ2) is 10.9. The van der Waals surface area contributed by atoms with Crippen LogP contribution in [0.25, 0.3) is 0 Å². The van der Waals surface area contributed by atoms with Crippen LogP contribution in [0.15, 0.2) is 72.8 Å². The van der Waals surface area contributed by atoms with Crippen molar-refractivity contribution < 1.29 is 19.1 Å². The van der Waals surface area contributed by atoms with Crippen LogP contribution in [-0.4, -0.2) is 44.0 Å². The first-order valence-electron chi connectivity index (χ1n) is 11.8. The van der Waals surface area contributed by atoms with Gasteiger partial charge in [0.15, 0.2) is 0 Å². The lowest BCUT2D eigenvalue weighted by Gasteiger charge is -2.26. The predicted octanol–water partition coefficient (Wildman–Crippen LogP) is 4.67. The van der Waals surface area contributed by atoms with Gasteiger partial charge in [0.1, 0.15) is 6.54 Å². The molecule has 3 aromatic rings. The number of fused-ring (bicyclic) bond motifs is 1. The molecule has 0 saturated carbocycles. The number of hydrogen-bond acceptors (Lipinski definition) is 5. The molecule has 0 unspecified atom stereocenters. The van der Waals surface area contributed by atoms with Crippen LogP contribution in [0.4, 0.5) is 17.1 Å². The average Bonchev–Trinajstić information content (AvgIpc) is 3.04. The van der Waals surface area contributed by atoms with E-state index in [2.05, 4.69) is 5.32 Å². The molecular weight excluding hydrogens is 442 g/mol. The van der Waals surface area contributed by atoms with Crippen molar-refractivity contribution in [1.82, 2.24) is 0 Å². The predicted molar refractivity (Wildman–Crippen MR) is 137 cm³/mol. The lowest BCUT2D eigenvalue weighted by atomic mass is 10.1. The van der Waals surface area contributed by atoms with Crippen LogP contribution in [0, 0.1) is 6.92 Å². The molecule has 2 amide bonds. The summed E-state index contributed by atoms with van der Waals surface area (Å²) < 4.78 is 5.13.